The second-order valence-electron chi connectivity index (χ2n) is 5.25. The second-order valence-corrected chi connectivity index (χ2v) is 5.25. The van der Waals surface area contributed by atoms with Crippen LogP contribution in [0.2, 0.25) is 0 Å². The van der Waals surface area contributed by atoms with Crippen molar-refractivity contribution in [1.82, 2.24) is 10.6 Å². The van der Waals surface area contributed by atoms with Gasteiger partial charge in [0, 0.05) is 19.0 Å². The van der Waals surface area contributed by atoms with Gasteiger partial charge in [0.15, 0.2) is 11.5 Å². The summed E-state index contributed by atoms with van der Waals surface area (Å²) in [5.41, 5.74) is 0.342. The molecule has 0 saturated carbocycles. The molecule has 7 heteroatoms. The highest BCUT2D eigenvalue weighted by molar-refractivity contribution is 5.98. The number of rotatable bonds is 5. The zero-order chi connectivity index (χ0) is 16.8. The number of hydrogen-bond acceptors (Lipinski definition) is 5. The molecule has 1 saturated heterocycles. The molecule has 0 radical (unpaired) electrons. The van der Waals surface area contributed by atoms with Gasteiger partial charge in [0.1, 0.15) is 0 Å². The highest BCUT2D eigenvalue weighted by Crippen LogP contribution is 2.39. The van der Waals surface area contributed by atoms with Crippen LogP contribution in [0.3, 0.4) is 0 Å². The van der Waals surface area contributed by atoms with Crippen LogP contribution in [0.1, 0.15) is 29.6 Å². The van der Waals surface area contributed by atoms with Gasteiger partial charge in [-0.3, -0.25) is 9.59 Å². The number of benzene rings is 1. The first-order valence-corrected chi connectivity index (χ1v) is 7.47. The van der Waals surface area contributed by atoms with Gasteiger partial charge in [0.25, 0.3) is 5.91 Å². The average molecular weight is 322 g/mol. The molecule has 1 heterocycles. The van der Waals surface area contributed by atoms with Crippen LogP contribution < -0.4 is 24.8 Å². The van der Waals surface area contributed by atoms with E-state index in [0.717, 1.165) is 12.8 Å². The molecule has 7 nitrogen and oxygen atoms in total. The number of hydrogen-bond donors (Lipinski definition) is 2. The standard InChI is InChI=1S/C16H22N2O5/c1-21-12-7-6-11(14(22-2)15(12)23-3)16(20)18-10-5-4-8-17-13(19)9-10/h6-7,10H,4-5,8-9H2,1-3H3,(H,17,19)(H,18,20). The van der Waals surface area contributed by atoms with E-state index >= 15 is 0 Å². The largest absolute Gasteiger partial charge is 0.493 e. The molecule has 0 aliphatic carbocycles. The Morgan fingerprint density at radius 3 is 2.57 bits per heavy atom. The molecule has 1 atom stereocenters. The molecule has 1 aliphatic heterocycles. The number of nitrogens with one attached hydrogen (secondary N) is 2. The van der Waals surface area contributed by atoms with E-state index < -0.39 is 0 Å². The quantitative estimate of drug-likeness (QED) is 0.848. The van der Waals surface area contributed by atoms with Crippen LogP contribution in [0.25, 0.3) is 0 Å². The third kappa shape index (κ3) is 3.85. The fourth-order valence-corrected chi connectivity index (χ4v) is 2.64. The molecule has 126 valence electrons. The molecule has 0 bridgehead atoms. The lowest BCUT2D eigenvalue weighted by Gasteiger charge is -2.18. The van der Waals surface area contributed by atoms with E-state index in [4.69, 9.17) is 14.2 Å². The highest BCUT2D eigenvalue weighted by atomic mass is 16.5. The third-order valence-electron chi connectivity index (χ3n) is 3.77. The lowest BCUT2D eigenvalue weighted by molar-refractivity contribution is -0.121. The molecule has 1 aromatic carbocycles. The Hall–Kier alpha value is -2.44. The minimum absolute atomic E-state index is 0.0490. The third-order valence-corrected chi connectivity index (χ3v) is 3.77. The second kappa shape index (κ2) is 7.71. The summed E-state index contributed by atoms with van der Waals surface area (Å²) in [7, 11) is 4.46. The summed E-state index contributed by atoms with van der Waals surface area (Å²) in [6.45, 7) is 0.644. The SMILES string of the molecule is COc1ccc(C(=O)NC2CCCNC(=O)C2)c(OC)c1OC. The van der Waals surface area contributed by atoms with Crippen molar-refractivity contribution >= 4 is 11.8 Å². The number of carbonyl (C=O) groups is 2. The lowest BCUT2D eigenvalue weighted by atomic mass is 10.1. The van der Waals surface area contributed by atoms with Gasteiger partial charge in [0.05, 0.1) is 26.9 Å². The maximum atomic E-state index is 12.6. The Morgan fingerprint density at radius 1 is 1.17 bits per heavy atom. The topological polar surface area (TPSA) is 85.9 Å². The minimum atomic E-state index is -0.303. The van der Waals surface area contributed by atoms with Gasteiger partial charge in [-0.15, -0.1) is 0 Å². The fraction of sp³-hybridized carbons (Fsp3) is 0.500. The first kappa shape index (κ1) is 16.9. The summed E-state index contributed by atoms with van der Waals surface area (Å²) >= 11 is 0. The minimum Gasteiger partial charge on any atom is -0.493 e. The van der Waals surface area contributed by atoms with Gasteiger partial charge in [-0.2, -0.15) is 0 Å². The van der Waals surface area contributed by atoms with Crippen molar-refractivity contribution in [2.45, 2.75) is 25.3 Å². The molecular weight excluding hydrogens is 300 g/mol. The summed E-state index contributed by atoms with van der Waals surface area (Å²) in [6, 6.07) is 3.07. The molecule has 23 heavy (non-hydrogen) atoms. The zero-order valence-corrected chi connectivity index (χ0v) is 13.6. The van der Waals surface area contributed by atoms with Crippen molar-refractivity contribution in [3.63, 3.8) is 0 Å². The number of amides is 2. The maximum absolute atomic E-state index is 12.6. The normalized spacial score (nSPS) is 17.7. The molecule has 2 rings (SSSR count). The van der Waals surface area contributed by atoms with E-state index in [1.165, 1.54) is 21.3 Å². The monoisotopic (exact) mass is 322 g/mol. The van der Waals surface area contributed by atoms with E-state index in [1.807, 2.05) is 0 Å². The molecule has 0 spiro atoms. The first-order chi connectivity index (χ1) is 11.1. The Bertz CT molecular complexity index is 588. The molecule has 2 N–H and O–H groups in total. The highest BCUT2D eigenvalue weighted by Gasteiger charge is 2.24. The van der Waals surface area contributed by atoms with Gasteiger partial charge >= 0.3 is 0 Å². The number of methoxy groups -OCH3 is 3. The molecule has 0 aromatic heterocycles. The van der Waals surface area contributed by atoms with Crippen LogP contribution in [-0.4, -0.2) is 45.7 Å². The summed E-state index contributed by atoms with van der Waals surface area (Å²) < 4.78 is 15.8. The van der Waals surface area contributed by atoms with E-state index in [2.05, 4.69) is 10.6 Å². The smallest absolute Gasteiger partial charge is 0.255 e. The lowest BCUT2D eigenvalue weighted by Crippen LogP contribution is -2.37. The Labute approximate surface area is 135 Å². The molecular formula is C16H22N2O5. The molecule has 1 aromatic rings. The van der Waals surface area contributed by atoms with Crippen molar-refractivity contribution in [3.8, 4) is 17.2 Å². The zero-order valence-electron chi connectivity index (χ0n) is 13.6. The predicted octanol–water partition coefficient (Wildman–Crippen LogP) is 1.11. The van der Waals surface area contributed by atoms with E-state index in [1.54, 1.807) is 12.1 Å². The van der Waals surface area contributed by atoms with Crippen molar-refractivity contribution in [2.75, 3.05) is 27.9 Å². The van der Waals surface area contributed by atoms with E-state index in [9.17, 15) is 9.59 Å². The van der Waals surface area contributed by atoms with Gasteiger partial charge < -0.3 is 24.8 Å². The first-order valence-electron chi connectivity index (χ1n) is 7.47. The summed E-state index contributed by atoms with van der Waals surface area (Å²) in [4.78, 5) is 24.2. The van der Waals surface area contributed by atoms with Crippen molar-refractivity contribution in [1.29, 1.82) is 0 Å². The average Bonchev–Trinajstić information content (AvgIpc) is 2.76. The van der Waals surface area contributed by atoms with Crippen LogP contribution in [-0.2, 0) is 4.79 Å². The summed E-state index contributed by atoms with van der Waals surface area (Å²) in [6.07, 6.45) is 1.86. The Balaban J connectivity index is 2.23. The van der Waals surface area contributed by atoms with Crippen LogP contribution >= 0.6 is 0 Å². The van der Waals surface area contributed by atoms with Crippen molar-refractivity contribution in [3.05, 3.63) is 17.7 Å². The molecule has 1 unspecified atom stereocenters. The van der Waals surface area contributed by atoms with E-state index in [0.29, 0.717) is 29.4 Å². The van der Waals surface area contributed by atoms with Crippen LogP contribution in [0, 0.1) is 0 Å². The van der Waals surface area contributed by atoms with Crippen molar-refractivity contribution < 1.29 is 23.8 Å². The van der Waals surface area contributed by atoms with Gasteiger partial charge in [0.2, 0.25) is 11.7 Å². The fourth-order valence-electron chi connectivity index (χ4n) is 2.64. The number of carbonyl (C=O) groups excluding carboxylic acids is 2. The van der Waals surface area contributed by atoms with Crippen molar-refractivity contribution in [2.24, 2.45) is 0 Å². The Kier molecular flexibility index (Phi) is 5.67. The number of ether oxygens (including phenoxy) is 3. The Morgan fingerprint density at radius 2 is 1.91 bits per heavy atom. The molecule has 2 amide bonds. The maximum Gasteiger partial charge on any atom is 0.255 e. The van der Waals surface area contributed by atoms with Crippen LogP contribution in [0.15, 0.2) is 12.1 Å². The molecule has 1 aliphatic rings. The predicted molar refractivity (Wildman–Crippen MR) is 84.2 cm³/mol. The van der Waals surface area contributed by atoms with E-state index in [-0.39, 0.29) is 24.3 Å². The molecule has 1 fully saturated rings. The van der Waals surface area contributed by atoms with Gasteiger partial charge in [-0.25, -0.2) is 0 Å². The van der Waals surface area contributed by atoms with Gasteiger partial charge in [-0.05, 0) is 25.0 Å². The van der Waals surface area contributed by atoms with Crippen LogP contribution in [0.5, 0.6) is 17.2 Å². The summed E-state index contributed by atoms with van der Waals surface area (Å²) in [5.74, 6) is 0.799. The van der Waals surface area contributed by atoms with Crippen LogP contribution in [0.4, 0.5) is 0 Å². The summed E-state index contributed by atoms with van der Waals surface area (Å²) in [5, 5.41) is 5.68. The van der Waals surface area contributed by atoms with Gasteiger partial charge in [-0.1, -0.05) is 0 Å².